The molecule has 0 spiro atoms. The molecule has 18 heavy (non-hydrogen) atoms. The van der Waals surface area contributed by atoms with Crippen molar-refractivity contribution in [1.82, 2.24) is 0 Å². The number of anilines is 1. The summed E-state index contributed by atoms with van der Waals surface area (Å²) in [7, 11) is 0. The van der Waals surface area contributed by atoms with E-state index < -0.39 is 0 Å². The van der Waals surface area contributed by atoms with Gasteiger partial charge in [0.1, 0.15) is 0 Å². The summed E-state index contributed by atoms with van der Waals surface area (Å²) < 4.78 is 0. The summed E-state index contributed by atoms with van der Waals surface area (Å²) in [6.07, 6.45) is 4.06. The lowest BCUT2D eigenvalue weighted by molar-refractivity contribution is -0.123. The van der Waals surface area contributed by atoms with Gasteiger partial charge in [0.05, 0.1) is 0 Å². The van der Waals surface area contributed by atoms with Crippen LogP contribution in [0.2, 0.25) is 0 Å². The number of aliphatic hydroxyl groups excluding tert-OH is 1. The van der Waals surface area contributed by atoms with Crippen LogP contribution >= 0.6 is 0 Å². The van der Waals surface area contributed by atoms with Crippen molar-refractivity contribution in [2.24, 2.45) is 11.8 Å². The normalized spacial score (nSPS) is 23.7. The number of hydrogen-bond donors (Lipinski definition) is 2. The second-order valence-corrected chi connectivity index (χ2v) is 5.19. The lowest BCUT2D eigenvalue weighted by Gasteiger charge is -2.29. The SMILES string of the molecule is Cc1cccc(NC(=O)C2CCCCC2CO)c1. The van der Waals surface area contributed by atoms with E-state index in [1.54, 1.807) is 0 Å². The lowest BCUT2D eigenvalue weighted by atomic mass is 9.79. The van der Waals surface area contributed by atoms with Crippen LogP contribution in [0.4, 0.5) is 5.69 Å². The number of amides is 1. The maximum atomic E-state index is 12.2. The molecule has 0 aromatic heterocycles. The molecule has 1 aromatic carbocycles. The molecule has 0 aliphatic heterocycles. The van der Waals surface area contributed by atoms with Gasteiger partial charge in [0, 0.05) is 18.2 Å². The molecule has 1 aromatic rings. The van der Waals surface area contributed by atoms with Crippen molar-refractivity contribution in [3.8, 4) is 0 Å². The first-order valence-electron chi connectivity index (χ1n) is 6.69. The number of rotatable bonds is 3. The summed E-state index contributed by atoms with van der Waals surface area (Å²) in [5.41, 5.74) is 1.98. The third-order valence-corrected chi connectivity index (χ3v) is 3.77. The third-order valence-electron chi connectivity index (χ3n) is 3.77. The highest BCUT2D eigenvalue weighted by atomic mass is 16.3. The van der Waals surface area contributed by atoms with Gasteiger partial charge >= 0.3 is 0 Å². The highest BCUT2D eigenvalue weighted by molar-refractivity contribution is 5.92. The van der Waals surface area contributed by atoms with Crippen LogP contribution in [0, 0.1) is 18.8 Å². The fourth-order valence-corrected chi connectivity index (χ4v) is 2.73. The van der Waals surface area contributed by atoms with Gasteiger partial charge in [-0.2, -0.15) is 0 Å². The Kier molecular flexibility index (Phi) is 4.37. The Morgan fingerprint density at radius 1 is 1.39 bits per heavy atom. The molecule has 2 unspecified atom stereocenters. The van der Waals surface area contributed by atoms with Gasteiger partial charge in [0.15, 0.2) is 0 Å². The smallest absolute Gasteiger partial charge is 0.227 e. The topological polar surface area (TPSA) is 49.3 Å². The van der Waals surface area contributed by atoms with Crippen molar-refractivity contribution in [3.05, 3.63) is 29.8 Å². The lowest BCUT2D eigenvalue weighted by Crippen LogP contribution is -2.33. The molecule has 98 valence electrons. The zero-order valence-electron chi connectivity index (χ0n) is 10.9. The first-order valence-corrected chi connectivity index (χ1v) is 6.69. The van der Waals surface area contributed by atoms with Crippen LogP contribution in [0.3, 0.4) is 0 Å². The van der Waals surface area contributed by atoms with E-state index in [9.17, 15) is 9.90 Å². The van der Waals surface area contributed by atoms with Crippen LogP contribution in [0.1, 0.15) is 31.2 Å². The molecule has 2 N–H and O–H groups in total. The number of carbonyl (C=O) groups is 1. The molecule has 0 saturated heterocycles. The molecule has 1 saturated carbocycles. The second-order valence-electron chi connectivity index (χ2n) is 5.19. The molecule has 2 atom stereocenters. The molecule has 1 aliphatic carbocycles. The molecule has 0 radical (unpaired) electrons. The van der Waals surface area contributed by atoms with Gasteiger partial charge in [-0.25, -0.2) is 0 Å². The number of aryl methyl sites for hydroxylation is 1. The Hall–Kier alpha value is -1.35. The van der Waals surface area contributed by atoms with Crippen LogP contribution in [0.15, 0.2) is 24.3 Å². The van der Waals surface area contributed by atoms with Gasteiger partial charge in [-0.05, 0) is 43.4 Å². The molecule has 3 nitrogen and oxygen atoms in total. The molecule has 1 fully saturated rings. The van der Waals surface area contributed by atoms with E-state index in [0.717, 1.165) is 36.9 Å². The predicted molar refractivity (Wildman–Crippen MR) is 72.3 cm³/mol. The second kappa shape index (κ2) is 6.01. The fraction of sp³-hybridized carbons (Fsp3) is 0.533. The van der Waals surface area contributed by atoms with Crippen LogP contribution < -0.4 is 5.32 Å². The third kappa shape index (κ3) is 3.10. The predicted octanol–water partition coefficient (Wildman–Crippen LogP) is 2.73. The zero-order chi connectivity index (χ0) is 13.0. The van der Waals surface area contributed by atoms with E-state index in [1.807, 2.05) is 31.2 Å². The van der Waals surface area contributed by atoms with Crippen LogP contribution in [0.5, 0.6) is 0 Å². The first-order chi connectivity index (χ1) is 8.70. The molecule has 3 heteroatoms. The van der Waals surface area contributed by atoms with Gasteiger partial charge in [-0.3, -0.25) is 4.79 Å². The minimum absolute atomic E-state index is 0.0377. The van der Waals surface area contributed by atoms with Crippen LogP contribution in [-0.4, -0.2) is 17.6 Å². The van der Waals surface area contributed by atoms with Gasteiger partial charge in [-0.15, -0.1) is 0 Å². The summed E-state index contributed by atoms with van der Waals surface area (Å²) >= 11 is 0. The van der Waals surface area contributed by atoms with Crippen molar-refractivity contribution in [2.45, 2.75) is 32.6 Å². The highest BCUT2D eigenvalue weighted by Gasteiger charge is 2.30. The average molecular weight is 247 g/mol. The molecule has 1 aliphatic rings. The molecule has 0 bridgehead atoms. The van der Waals surface area contributed by atoms with Gasteiger partial charge in [0.2, 0.25) is 5.91 Å². The van der Waals surface area contributed by atoms with E-state index in [1.165, 1.54) is 0 Å². The van der Waals surface area contributed by atoms with E-state index >= 15 is 0 Å². The highest BCUT2D eigenvalue weighted by Crippen LogP contribution is 2.30. The summed E-state index contributed by atoms with van der Waals surface area (Å²) in [4.78, 5) is 12.2. The maximum absolute atomic E-state index is 12.2. The quantitative estimate of drug-likeness (QED) is 0.862. The van der Waals surface area contributed by atoms with Gasteiger partial charge in [-0.1, -0.05) is 25.0 Å². The molecule has 0 heterocycles. The van der Waals surface area contributed by atoms with Gasteiger partial charge < -0.3 is 10.4 Å². The standard InChI is InChI=1S/C15H21NO2/c1-11-5-4-7-13(9-11)16-15(18)14-8-3-2-6-12(14)10-17/h4-5,7,9,12,14,17H,2-3,6,8,10H2,1H3,(H,16,18). The van der Waals surface area contributed by atoms with Crippen molar-refractivity contribution >= 4 is 11.6 Å². The number of nitrogens with one attached hydrogen (secondary N) is 1. The Bertz CT molecular complexity index is 417. The van der Waals surface area contributed by atoms with E-state index in [-0.39, 0.29) is 24.3 Å². The van der Waals surface area contributed by atoms with E-state index in [0.29, 0.717) is 0 Å². The van der Waals surface area contributed by atoms with Crippen LogP contribution in [-0.2, 0) is 4.79 Å². The fourth-order valence-electron chi connectivity index (χ4n) is 2.73. The Morgan fingerprint density at radius 2 is 2.17 bits per heavy atom. The number of carbonyl (C=O) groups excluding carboxylic acids is 1. The minimum Gasteiger partial charge on any atom is -0.396 e. The Balaban J connectivity index is 2.02. The number of hydrogen-bond acceptors (Lipinski definition) is 2. The molecular weight excluding hydrogens is 226 g/mol. The summed E-state index contributed by atoms with van der Waals surface area (Å²) in [6.45, 7) is 2.12. The maximum Gasteiger partial charge on any atom is 0.227 e. The first kappa shape index (κ1) is 13.1. The van der Waals surface area contributed by atoms with E-state index in [2.05, 4.69) is 5.32 Å². The summed E-state index contributed by atoms with van der Waals surface area (Å²) in [5, 5.41) is 12.3. The summed E-state index contributed by atoms with van der Waals surface area (Å²) in [6, 6.07) is 7.82. The molecule has 1 amide bonds. The Labute approximate surface area is 108 Å². The molecule has 2 rings (SSSR count). The summed E-state index contributed by atoms with van der Waals surface area (Å²) in [5.74, 6) is 0.146. The average Bonchev–Trinajstić information content (AvgIpc) is 2.38. The van der Waals surface area contributed by atoms with Crippen molar-refractivity contribution in [3.63, 3.8) is 0 Å². The molecular formula is C15H21NO2. The largest absolute Gasteiger partial charge is 0.396 e. The van der Waals surface area contributed by atoms with Crippen LogP contribution in [0.25, 0.3) is 0 Å². The monoisotopic (exact) mass is 247 g/mol. The minimum atomic E-state index is -0.0377. The van der Waals surface area contributed by atoms with Crippen molar-refractivity contribution in [1.29, 1.82) is 0 Å². The number of benzene rings is 1. The van der Waals surface area contributed by atoms with Crippen molar-refractivity contribution in [2.75, 3.05) is 11.9 Å². The number of aliphatic hydroxyl groups is 1. The zero-order valence-corrected chi connectivity index (χ0v) is 10.9. The van der Waals surface area contributed by atoms with Crippen molar-refractivity contribution < 1.29 is 9.90 Å². The van der Waals surface area contributed by atoms with Gasteiger partial charge in [0.25, 0.3) is 0 Å². The van der Waals surface area contributed by atoms with E-state index in [4.69, 9.17) is 0 Å². The Morgan fingerprint density at radius 3 is 2.89 bits per heavy atom.